The molecule has 0 aliphatic carbocycles. The highest BCUT2D eigenvalue weighted by Crippen LogP contribution is 2.04. The lowest BCUT2D eigenvalue weighted by atomic mass is 10.2. The topological polar surface area (TPSA) is 43.0 Å². The second-order valence-corrected chi connectivity index (χ2v) is 4.72. The van der Waals surface area contributed by atoms with E-state index in [1.807, 2.05) is 13.8 Å². The predicted octanol–water partition coefficient (Wildman–Crippen LogP) is 1.09. The van der Waals surface area contributed by atoms with Crippen molar-refractivity contribution in [3.05, 3.63) is 0 Å². The second kappa shape index (κ2) is 10.6. The molecule has 0 saturated carbocycles. The average molecular weight is 274 g/mol. The summed E-state index contributed by atoms with van der Waals surface area (Å²) in [6.07, 6.45) is 1.11. The lowest BCUT2D eigenvalue weighted by Gasteiger charge is -2.32. The first-order valence-electron chi connectivity index (χ1n) is 7.57. The zero-order valence-corrected chi connectivity index (χ0v) is 12.7. The van der Waals surface area contributed by atoms with E-state index in [2.05, 4.69) is 17.1 Å². The van der Waals surface area contributed by atoms with Crippen LogP contribution in [-0.4, -0.2) is 69.8 Å². The highest BCUT2D eigenvalue weighted by molar-refractivity contribution is 4.72. The Bertz CT molecular complexity index is 211. The Balaban J connectivity index is 2.08. The van der Waals surface area contributed by atoms with Crippen molar-refractivity contribution in [2.75, 3.05) is 52.5 Å². The zero-order chi connectivity index (χ0) is 13.9. The number of hydrogen-bond acceptors (Lipinski definition) is 5. The van der Waals surface area contributed by atoms with Gasteiger partial charge in [-0.15, -0.1) is 0 Å². The van der Waals surface area contributed by atoms with E-state index < -0.39 is 0 Å². The fourth-order valence-electron chi connectivity index (χ4n) is 2.26. The summed E-state index contributed by atoms with van der Waals surface area (Å²) in [5, 5.41) is 3.44. The van der Waals surface area contributed by atoms with Crippen LogP contribution in [0.1, 0.15) is 27.2 Å². The zero-order valence-electron chi connectivity index (χ0n) is 12.7. The minimum absolute atomic E-state index is 0.0816. The molecule has 114 valence electrons. The Hall–Kier alpha value is -0.200. The van der Waals surface area contributed by atoms with Crippen molar-refractivity contribution in [2.45, 2.75) is 39.6 Å². The first kappa shape index (κ1) is 16.9. The van der Waals surface area contributed by atoms with E-state index in [0.29, 0.717) is 19.3 Å². The molecular weight excluding hydrogens is 244 g/mol. The SMILES string of the molecule is CCOC(CCNCC1CN(CC)CCO1)OCC. The Kier molecular flexibility index (Phi) is 9.38. The molecule has 0 aromatic carbocycles. The molecule has 5 heteroatoms. The molecule has 1 aliphatic heterocycles. The third-order valence-electron chi connectivity index (χ3n) is 3.30. The molecule has 1 heterocycles. The lowest BCUT2D eigenvalue weighted by Crippen LogP contribution is -2.46. The maximum absolute atomic E-state index is 5.75. The molecule has 19 heavy (non-hydrogen) atoms. The van der Waals surface area contributed by atoms with Gasteiger partial charge in [-0.05, 0) is 20.4 Å². The van der Waals surface area contributed by atoms with Crippen LogP contribution in [0.25, 0.3) is 0 Å². The largest absolute Gasteiger partial charge is 0.374 e. The van der Waals surface area contributed by atoms with Crippen LogP contribution in [0.2, 0.25) is 0 Å². The molecule has 0 spiro atoms. The van der Waals surface area contributed by atoms with Crippen molar-refractivity contribution in [2.24, 2.45) is 0 Å². The van der Waals surface area contributed by atoms with Gasteiger partial charge in [-0.2, -0.15) is 0 Å². The summed E-state index contributed by atoms with van der Waals surface area (Å²) < 4.78 is 16.8. The molecule has 1 rings (SSSR count). The number of hydrogen-bond donors (Lipinski definition) is 1. The molecule has 1 aliphatic rings. The summed E-state index contributed by atoms with van der Waals surface area (Å²) in [7, 11) is 0. The predicted molar refractivity (Wildman–Crippen MR) is 76.4 cm³/mol. The van der Waals surface area contributed by atoms with E-state index in [1.165, 1.54) is 0 Å². The summed E-state index contributed by atoms with van der Waals surface area (Å²) in [6.45, 7) is 13.4. The average Bonchev–Trinajstić information content (AvgIpc) is 2.44. The summed E-state index contributed by atoms with van der Waals surface area (Å²) in [5.74, 6) is 0. The molecule has 0 aromatic rings. The van der Waals surface area contributed by atoms with Crippen LogP contribution >= 0.6 is 0 Å². The lowest BCUT2D eigenvalue weighted by molar-refractivity contribution is -0.138. The molecule has 1 saturated heterocycles. The van der Waals surface area contributed by atoms with Crippen LogP contribution in [-0.2, 0) is 14.2 Å². The molecule has 1 atom stereocenters. The number of morpholine rings is 1. The Morgan fingerprint density at radius 3 is 2.63 bits per heavy atom. The number of ether oxygens (including phenoxy) is 3. The highest BCUT2D eigenvalue weighted by Gasteiger charge is 2.18. The molecule has 1 unspecified atom stereocenters. The molecule has 5 nitrogen and oxygen atoms in total. The highest BCUT2D eigenvalue weighted by atomic mass is 16.7. The standard InChI is InChI=1S/C14H30N2O3/c1-4-16-9-10-19-13(12-16)11-15-8-7-14(17-5-2)18-6-3/h13-15H,4-12H2,1-3H3. The maximum Gasteiger partial charge on any atom is 0.158 e. The van der Waals surface area contributed by atoms with Gasteiger partial charge in [0.05, 0.1) is 12.7 Å². The second-order valence-electron chi connectivity index (χ2n) is 4.72. The minimum atomic E-state index is -0.0816. The van der Waals surface area contributed by atoms with E-state index in [-0.39, 0.29) is 6.29 Å². The smallest absolute Gasteiger partial charge is 0.158 e. The van der Waals surface area contributed by atoms with Gasteiger partial charge < -0.3 is 19.5 Å². The maximum atomic E-state index is 5.75. The summed E-state index contributed by atoms with van der Waals surface area (Å²) in [5.41, 5.74) is 0. The molecule has 0 amide bonds. The third-order valence-corrected chi connectivity index (χ3v) is 3.30. The van der Waals surface area contributed by atoms with Gasteiger partial charge in [0.25, 0.3) is 0 Å². The van der Waals surface area contributed by atoms with Crippen LogP contribution in [0.3, 0.4) is 0 Å². The Morgan fingerprint density at radius 2 is 2.00 bits per heavy atom. The van der Waals surface area contributed by atoms with Crippen LogP contribution in [0.15, 0.2) is 0 Å². The quantitative estimate of drug-likeness (QED) is 0.477. The van der Waals surface area contributed by atoms with Gasteiger partial charge in [0.15, 0.2) is 6.29 Å². The minimum Gasteiger partial charge on any atom is -0.374 e. The monoisotopic (exact) mass is 274 g/mol. The van der Waals surface area contributed by atoms with Gasteiger partial charge in [0.1, 0.15) is 0 Å². The normalized spacial score (nSPS) is 21.2. The number of rotatable bonds is 10. The van der Waals surface area contributed by atoms with Gasteiger partial charge >= 0.3 is 0 Å². The van der Waals surface area contributed by atoms with Gasteiger partial charge in [0, 0.05) is 45.8 Å². The van der Waals surface area contributed by atoms with Crippen molar-refractivity contribution < 1.29 is 14.2 Å². The molecule has 1 N–H and O–H groups in total. The van der Waals surface area contributed by atoms with Crippen LogP contribution < -0.4 is 5.32 Å². The Labute approximate surface area is 117 Å². The van der Waals surface area contributed by atoms with Crippen LogP contribution in [0, 0.1) is 0 Å². The van der Waals surface area contributed by atoms with Gasteiger partial charge in [-0.3, -0.25) is 4.90 Å². The fraction of sp³-hybridized carbons (Fsp3) is 1.00. The first-order valence-corrected chi connectivity index (χ1v) is 7.57. The van der Waals surface area contributed by atoms with Gasteiger partial charge in [-0.25, -0.2) is 0 Å². The van der Waals surface area contributed by atoms with Crippen molar-refractivity contribution in [3.8, 4) is 0 Å². The van der Waals surface area contributed by atoms with E-state index in [4.69, 9.17) is 14.2 Å². The number of nitrogens with one attached hydrogen (secondary N) is 1. The van der Waals surface area contributed by atoms with E-state index in [0.717, 1.165) is 45.8 Å². The van der Waals surface area contributed by atoms with Crippen molar-refractivity contribution in [1.82, 2.24) is 10.2 Å². The fourth-order valence-corrected chi connectivity index (χ4v) is 2.26. The molecule has 0 radical (unpaired) electrons. The summed E-state index contributed by atoms with van der Waals surface area (Å²) in [6, 6.07) is 0. The summed E-state index contributed by atoms with van der Waals surface area (Å²) in [4.78, 5) is 2.43. The van der Waals surface area contributed by atoms with Gasteiger partial charge in [0.2, 0.25) is 0 Å². The third kappa shape index (κ3) is 7.22. The molecule has 1 fully saturated rings. The van der Waals surface area contributed by atoms with Gasteiger partial charge in [-0.1, -0.05) is 6.92 Å². The van der Waals surface area contributed by atoms with Crippen LogP contribution in [0.4, 0.5) is 0 Å². The van der Waals surface area contributed by atoms with Crippen molar-refractivity contribution >= 4 is 0 Å². The number of likely N-dealkylation sites (N-methyl/N-ethyl adjacent to an activating group) is 1. The van der Waals surface area contributed by atoms with Crippen LogP contribution in [0.5, 0.6) is 0 Å². The van der Waals surface area contributed by atoms with E-state index >= 15 is 0 Å². The summed E-state index contributed by atoms with van der Waals surface area (Å²) >= 11 is 0. The molecular formula is C14H30N2O3. The van der Waals surface area contributed by atoms with Crippen molar-refractivity contribution in [1.29, 1.82) is 0 Å². The number of nitrogens with zero attached hydrogens (tertiary/aromatic N) is 1. The molecule has 0 aromatic heterocycles. The van der Waals surface area contributed by atoms with E-state index in [9.17, 15) is 0 Å². The first-order chi connectivity index (χ1) is 9.30. The van der Waals surface area contributed by atoms with E-state index in [1.54, 1.807) is 0 Å². The van der Waals surface area contributed by atoms with Crippen molar-refractivity contribution in [3.63, 3.8) is 0 Å². The Morgan fingerprint density at radius 1 is 1.26 bits per heavy atom. The molecule has 0 bridgehead atoms.